The third-order valence-electron chi connectivity index (χ3n) is 5.84. The minimum absolute atomic E-state index is 0.273. The highest BCUT2D eigenvalue weighted by Gasteiger charge is 2.42. The average molecular weight is 434 g/mol. The number of rotatable bonds is 9. The molecule has 3 atom stereocenters. The minimum Gasteiger partial charge on any atom is -0.480 e. The molecule has 0 radical (unpaired) electrons. The maximum absolute atomic E-state index is 13.4. The van der Waals surface area contributed by atoms with Crippen LogP contribution in [0.4, 0.5) is 0 Å². The zero-order valence-corrected chi connectivity index (χ0v) is 20.3. The van der Waals surface area contributed by atoms with Crippen LogP contribution in [0.15, 0.2) is 30.3 Å². The van der Waals surface area contributed by atoms with Crippen molar-refractivity contribution >= 4 is 17.8 Å². The van der Waals surface area contributed by atoms with Gasteiger partial charge in [0.05, 0.1) is 6.04 Å². The molecular formula is C24H39N3O4. The zero-order chi connectivity index (χ0) is 24.1. The van der Waals surface area contributed by atoms with E-state index in [1.54, 1.807) is 20.9 Å². The molecule has 1 aromatic rings. The Morgan fingerprint density at radius 1 is 0.968 bits per heavy atom. The van der Waals surface area contributed by atoms with Crippen molar-refractivity contribution in [2.24, 2.45) is 11.3 Å². The molecule has 31 heavy (non-hydrogen) atoms. The molecular weight excluding hydrogens is 394 g/mol. The molecule has 0 unspecified atom stereocenters. The number of nitrogens with zero attached hydrogens (tertiary/aromatic N) is 1. The van der Waals surface area contributed by atoms with Crippen molar-refractivity contribution in [3.63, 3.8) is 0 Å². The van der Waals surface area contributed by atoms with Crippen LogP contribution in [0.5, 0.6) is 0 Å². The van der Waals surface area contributed by atoms with Crippen LogP contribution >= 0.6 is 0 Å². The van der Waals surface area contributed by atoms with Gasteiger partial charge < -0.3 is 20.6 Å². The van der Waals surface area contributed by atoms with Gasteiger partial charge >= 0.3 is 5.97 Å². The van der Waals surface area contributed by atoms with Crippen molar-refractivity contribution < 1.29 is 19.5 Å². The Labute approximate surface area is 186 Å². The van der Waals surface area contributed by atoms with E-state index in [0.717, 1.165) is 5.56 Å². The molecule has 0 bridgehead atoms. The van der Waals surface area contributed by atoms with Gasteiger partial charge in [0.2, 0.25) is 11.8 Å². The highest BCUT2D eigenvalue weighted by Crippen LogP contribution is 2.28. The maximum Gasteiger partial charge on any atom is 0.326 e. The molecule has 0 aliphatic heterocycles. The summed E-state index contributed by atoms with van der Waals surface area (Å²) in [5.74, 6) is -2.07. The summed E-state index contributed by atoms with van der Waals surface area (Å²) in [5, 5.41) is 15.6. The summed E-state index contributed by atoms with van der Waals surface area (Å²) in [7, 11) is 3.20. The molecule has 0 saturated heterocycles. The number of carbonyl (C=O) groups is 3. The lowest BCUT2D eigenvalue weighted by molar-refractivity contribution is -0.153. The Hall–Kier alpha value is -2.41. The van der Waals surface area contributed by atoms with E-state index in [2.05, 4.69) is 10.6 Å². The number of carbonyl (C=O) groups excluding carboxylic acids is 2. The van der Waals surface area contributed by atoms with E-state index in [1.165, 1.54) is 11.9 Å². The van der Waals surface area contributed by atoms with Crippen LogP contribution in [0, 0.1) is 11.3 Å². The second-order valence-electron chi connectivity index (χ2n) is 10.1. The molecule has 2 amide bonds. The number of amides is 2. The Morgan fingerprint density at radius 3 is 1.87 bits per heavy atom. The lowest BCUT2D eigenvalue weighted by Gasteiger charge is -2.39. The van der Waals surface area contributed by atoms with Gasteiger partial charge in [0.25, 0.3) is 0 Å². The minimum atomic E-state index is -1.07. The number of likely N-dealkylation sites (N-methyl/N-ethyl adjacent to an activating group) is 2. The molecule has 0 aliphatic carbocycles. The van der Waals surface area contributed by atoms with Gasteiger partial charge in [-0.05, 0) is 23.9 Å². The van der Waals surface area contributed by atoms with Crippen molar-refractivity contribution in [1.82, 2.24) is 15.5 Å². The third-order valence-corrected chi connectivity index (χ3v) is 5.84. The first-order valence-electron chi connectivity index (χ1n) is 10.7. The molecule has 7 heteroatoms. The summed E-state index contributed by atoms with van der Waals surface area (Å²) in [4.78, 5) is 39.7. The van der Waals surface area contributed by atoms with Crippen molar-refractivity contribution in [3.05, 3.63) is 35.9 Å². The van der Waals surface area contributed by atoms with Crippen molar-refractivity contribution in [1.29, 1.82) is 0 Å². The number of carboxylic acid groups (broad SMARTS) is 1. The summed E-state index contributed by atoms with van der Waals surface area (Å²) in [6, 6.07) is 7.26. The molecule has 7 nitrogen and oxygen atoms in total. The lowest BCUT2D eigenvalue weighted by Crippen LogP contribution is -2.62. The fourth-order valence-corrected chi connectivity index (χ4v) is 3.97. The van der Waals surface area contributed by atoms with Crippen molar-refractivity contribution in [2.75, 3.05) is 14.1 Å². The van der Waals surface area contributed by atoms with Gasteiger partial charge in [0.1, 0.15) is 12.1 Å². The molecule has 1 rings (SSSR count). The molecule has 174 valence electrons. The number of nitrogens with one attached hydrogen (secondary N) is 2. The number of hydrogen-bond acceptors (Lipinski definition) is 4. The Kier molecular flexibility index (Phi) is 8.82. The highest BCUT2D eigenvalue weighted by molar-refractivity contribution is 5.93. The number of benzene rings is 1. The van der Waals surface area contributed by atoms with E-state index < -0.39 is 40.8 Å². The zero-order valence-electron chi connectivity index (χ0n) is 20.3. The number of hydrogen-bond donors (Lipinski definition) is 3. The van der Waals surface area contributed by atoms with E-state index >= 15 is 0 Å². The van der Waals surface area contributed by atoms with Gasteiger partial charge in [-0.1, -0.05) is 78.8 Å². The van der Waals surface area contributed by atoms with Crippen LogP contribution in [0.1, 0.15) is 54.0 Å². The SMILES string of the molecule is CN[C@H](C(=O)N[C@H](C(=O)N(C)[C@H](C(=O)O)C(C)C)C(C)(C)C)C(C)(C)c1ccccc1. The molecule has 0 spiro atoms. The number of aliphatic carboxylic acids is 1. The van der Waals surface area contributed by atoms with Gasteiger partial charge in [0.15, 0.2) is 0 Å². The standard InChI is InChI=1S/C24H39N3O4/c1-15(2)17(22(30)31)27(9)21(29)19(23(3,4)5)26-20(28)18(25-8)24(6,7)16-13-11-10-12-14-16/h10-15,17-19,25H,1-9H3,(H,26,28)(H,30,31)/t17-,18+,19+/m0/s1. The topological polar surface area (TPSA) is 98.7 Å². The van der Waals surface area contributed by atoms with E-state index in [0.29, 0.717) is 0 Å². The van der Waals surface area contributed by atoms with Gasteiger partial charge in [-0.2, -0.15) is 0 Å². The first-order valence-corrected chi connectivity index (χ1v) is 10.7. The second-order valence-corrected chi connectivity index (χ2v) is 10.1. The van der Waals surface area contributed by atoms with Crippen LogP contribution in [0.3, 0.4) is 0 Å². The summed E-state index contributed by atoms with van der Waals surface area (Å²) < 4.78 is 0. The molecule has 0 fully saturated rings. The van der Waals surface area contributed by atoms with Crippen LogP contribution in [-0.4, -0.2) is 60.0 Å². The van der Waals surface area contributed by atoms with Crippen molar-refractivity contribution in [2.45, 2.75) is 72.0 Å². The predicted molar refractivity (Wildman–Crippen MR) is 123 cm³/mol. The van der Waals surface area contributed by atoms with Crippen LogP contribution < -0.4 is 10.6 Å². The Morgan fingerprint density at radius 2 is 1.48 bits per heavy atom. The monoisotopic (exact) mass is 433 g/mol. The molecule has 0 heterocycles. The molecule has 3 N–H and O–H groups in total. The molecule has 0 aliphatic rings. The fraction of sp³-hybridized carbons (Fsp3) is 0.625. The van der Waals surface area contributed by atoms with Gasteiger partial charge in [0, 0.05) is 12.5 Å². The van der Waals surface area contributed by atoms with E-state index in [-0.39, 0.29) is 11.8 Å². The second kappa shape index (κ2) is 10.3. The van der Waals surface area contributed by atoms with Gasteiger partial charge in [-0.15, -0.1) is 0 Å². The fourth-order valence-electron chi connectivity index (χ4n) is 3.97. The van der Waals surface area contributed by atoms with Crippen LogP contribution in [-0.2, 0) is 19.8 Å². The maximum atomic E-state index is 13.4. The normalized spacial score (nSPS) is 15.2. The van der Waals surface area contributed by atoms with Gasteiger partial charge in [-0.3, -0.25) is 9.59 Å². The van der Waals surface area contributed by atoms with Crippen molar-refractivity contribution in [3.8, 4) is 0 Å². The van der Waals surface area contributed by atoms with Gasteiger partial charge in [-0.25, -0.2) is 4.79 Å². The Bertz CT molecular complexity index is 769. The molecule has 0 saturated carbocycles. The molecule has 1 aromatic carbocycles. The Balaban J connectivity index is 3.23. The summed E-state index contributed by atoms with van der Waals surface area (Å²) in [5.41, 5.74) is -0.166. The highest BCUT2D eigenvalue weighted by atomic mass is 16.4. The predicted octanol–water partition coefficient (Wildman–Crippen LogP) is 2.65. The van der Waals surface area contributed by atoms with E-state index in [1.807, 2.05) is 65.0 Å². The van der Waals surface area contributed by atoms with E-state index in [4.69, 9.17) is 0 Å². The summed E-state index contributed by atoms with van der Waals surface area (Å²) in [6.07, 6.45) is 0. The third kappa shape index (κ3) is 6.29. The van der Waals surface area contributed by atoms with E-state index in [9.17, 15) is 19.5 Å². The smallest absolute Gasteiger partial charge is 0.326 e. The number of carboxylic acids is 1. The van der Waals surface area contributed by atoms with Crippen LogP contribution in [0.2, 0.25) is 0 Å². The first-order chi connectivity index (χ1) is 14.2. The largest absolute Gasteiger partial charge is 0.480 e. The quantitative estimate of drug-likeness (QED) is 0.556. The average Bonchev–Trinajstić information content (AvgIpc) is 2.65. The summed E-state index contributed by atoms with van der Waals surface area (Å²) >= 11 is 0. The van der Waals surface area contributed by atoms with Crippen LogP contribution in [0.25, 0.3) is 0 Å². The summed E-state index contributed by atoms with van der Waals surface area (Å²) in [6.45, 7) is 13.0. The first kappa shape index (κ1) is 26.6. The molecule has 0 aromatic heterocycles. The lowest BCUT2D eigenvalue weighted by atomic mass is 9.76.